The van der Waals surface area contributed by atoms with Gasteiger partial charge in [-0.25, -0.2) is 0 Å². The van der Waals surface area contributed by atoms with Crippen molar-refractivity contribution in [3.8, 4) is 0 Å². The number of amides is 1. The Labute approximate surface area is 149 Å². The molecule has 1 aromatic carbocycles. The minimum atomic E-state index is -0.922. The smallest absolute Gasteiger partial charge is 0.308 e. The molecule has 1 aromatic heterocycles. The Morgan fingerprint density at radius 3 is 2.60 bits per heavy atom. The standard InChI is InChI=1S/C18H18ClNO5/c1-24-10-13-6-7-16(25-13)17(21)20-8-14(15(9-20)18(22)23)11-2-4-12(19)5-3-11/h2-7,14-15H,8-10H2,1H3,(H,22,23)/t14-,15+/m0/s1. The number of hydrogen-bond acceptors (Lipinski definition) is 4. The molecular formula is C18H18ClNO5. The Kier molecular flexibility index (Phi) is 5.11. The van der Waals surface area contributed by atoms with E-state index >= 15 is 0 Å². The van der Waals surface area contributed by atoms with Gasteiger partial charge in [0.25, 0.3) is 5.91 Å². The fourth-order valence-corrected chi connectivity index (χ4v) is 3.26. The summed E-state index contributed by atoms with van der Waals surface area (Å²) in [6.07, 6.45) is 0. The number of halogens is 1. The summed E-state index contributed by atoms with van der Waals surface area (Å²) in [6.45, 7) is 0.734. The number of ether oxygens (including phenoxy) is 1. The quantitative estimate of drug-likeness (QED) is 0.883. The lowest BCUT2D eigenvalue weighted by Gasteiger charge is -2.15. The van der Waals surface area contributed by atoms with Gasteiger partial charge in [-0.2, -0.15) is 0 Å². The molecule has 2 atom stereocenters. The number of carboxylic acids is 1. The van der Waals surface area contributed by atoms with Crippen LogP contribution in [-0.2, 0) is 16.1 Å². The molecule has 1 fully saturated rings. The van der Waals surface area contributed by atoms with Crippen molar-refractivity contribution in [2.24, 2.45) is 5.92 Å². The Hall–Kier alpha value is -2.31. The molecule has 1 amide bonds. The van der Waals surface area contributed by atoms with Crippen molar-refractivity contribution in [2.45, 2.75) is 12.5 Å². The van der Waals surface area contributed by atoms with Crippen LogP contribution in [0, 0.1) is 5.92 Å². The maximum atomic E-state index is 12.6. The lowest BCUT2D eigenvalue weighted by molar-refractivity contribution is -0.141. The van der Waals surface area contributed by atoms with E-state index in [1.54, 1.807) is 43.5 Å². The lowest BCUT2D eigenvalue weighted by atomic mass is 9.89. The monoisotopic (exact) mass is 363 g/mol. The van der Waals surface area contributed by atoms with E-state index in [1.807, 2.05) is 0 Å². The molecule has 0 spiro atoms. The van der Waals surface area contributed by atoms with Crippen LogP contribution < -0.4 is 0 Å². The number of carbonyl (C=O) groups is 2. The van der Waals surface area contributed by atoms with Gasteiger partial charge in [0.1, 0.15) is 12.4 Å². The van der Waals surface area contributed by atoms with Gasteiger partial charge in [-0.15, -0.1) is 0 Å². The third kappa shape index (κ3) is 3.70. The molecule has 0 unspecified atom stereocenters. The molecule has 1 saturated heterocycles. The van der Waals surface area contributed by atoms with Crippen LogP contribution in [0.3, 0.4) is 0 Å². The second kappa shape index (κ2) is 7.29. The molecule has 25 heavy (non-hydrogen) atoms. The molecule has 7 heteroatoms. The third-order valence-corrected chi connectivity index (χ3v) is 4.63. The van der Waals surface area contributed by atoms with Crippen LogP contribution in [0.4, 0.5) is 0 Å². The Balaban J connectivity index is 1.80. The first-order chi connectivity index (χ1) is 12.0. The van der Waals surface area contributed by atoms with Crippen LogP contribution >= 0.6 is 11.6 Å². The summed E-state index contributed by atoms with van der Waals surface area (Å²) in [4.78, 5) is 25.8. The highest BCUT2D eigenvalue weighted by Crippen LogP contribution is 2.34. The van der Waals surface area contributed by atoms with Crippen molar-refractivity contribution in [2.75, 3.05) is 20.2 Å². The van der Waals surface area contributed by atoms with Crippen LogP contribution in [0.25, 0.3) is 0 Å². The van der Waals surface area contributed by atoms with Gasteiger partial charge in [0.05, 0.1) is 5.92 Å². The van der Waals surface area contributed by atoms with Gasteiger partial charge in [-0.1, -0.05) is 23.7 Å². The minimum absolute atomic E-state index is 0.141. The van der Waals surface area contributed by atoms with E-state index in [0.717, 1.165) is 5.56 Å². The van der Waals surface area contributed by atoms with Gasteiger partial charge < -0.3 is 19.2 Å². The number of nitrogens with zero attached hydrogens (tertiary/aromatic N) is 1. The first kappa shape index (κ1) is 17.5. The Bertz CT molecular complexity index is 770. The molecule has 0 aliphatic carbocycles. The summed E-state index contributed by atoms with van der Waals surface area (Å²) in [5.74, 6) is -1.45. The number of furan rings is 1. The number of benzene rings is 1. The third-order valence-electron chi connectivity index (χ3n) is 4.38. The molecule has 2 heterocycles. The predicted octanol–water partition coefficient (Wildman–Crippen LogP) is 3.02. The minimum Gasteiger partial charge on any atom is -0.481 e. The molecule has 2 aromatic rings. The van der Waals surface area contributed by atoms with E-state index in [9.17, 15) is 14.7 Å². The summed E-state index contributed by atoms with van der Waals surface area (Å²) in [7, 11) is 1.54. The average molecular weight is 364 g/mol. The number of carboxylic acid groups (broad SMARTS) is 1. The van der Waals surface area contributed by atoms with Crippen LogP contribution in [0.1, 0.15) is 27.8 Å². The lowest BCUT2D eigenvalue weighted by Crippen LogP contribution is -2.29. The topological polar surface area (TPSA) is 80.0 Å². The van der Waals surface area contributed by atoms with E-state index in [-0.39, 0.29) is 30.7 Å². The SMILES string of the molecule is COCc1ccc(C(=O)N2C[C@@H](C(=O)O)[C@H](c3ccc(Cl)cc3)C2)o1. The number of methoxy groups -OCH3 is 1. The summed E-state index contributed by atoms with van der Waals surface area (Å²) in [5.41, 5.74) is 0.853. The van der Waals surface area contributed by atoms with Crippen molar-refractivity contribution >= 4 is 23.5 Å². The summed E-state index contributed by atoms with van der Waals surface area (Å²) >= 11 is 5.90. The molecule has 0 radical (unpaired) electrons. The highest BCUT2D eigenvalue weighted by molar-refractivity contribution is 6.30. The summed E-state index contributed by atoms with van der Waals surface area (Å²) in [5, 5.41) is 10.1. The van der Waals surface area contributed by atoms with Crippen LogP contribution in [-0.4, -0.2) is 42.1 Å². The Morgan fingerprint density at radius 1 is 1.24 bits per heavy atom. The van der Waals surface area contributed by atoms with Gasteiger partial charge in [0, 0.05) is 31.1 Å². The summed E-state index contributed by atoms with van der Waals surface area (Å²) < 4.78 is 10.4. The maximum absolute atomic E-state index is 12.6. The molecule has 6 nitrogen and oxygen atoms in total. The van der Waals surface area contributed by atoms with Crippen LogP contribution in [0.2, 0.25) is 5.02 Å². The van der Waals surface area contributed by atoms with E-state index in [4.69, 9.17) is 20.8 Å². The zero-order chi connectivity index (χ0) is 18.0. The number of carbonyl (C=O) groups excluding carboxylic acids is 1. The maximum Gasteiger partial charge on any atom is 0.308 e. The normalized spacial score (nSPS) is 20.0. The van der Waals surface area contributed by atoms with Gasteiger partial charge in [-0.05, 0) is 29.8 Å². The second-order valence-electron chi connectivity index (χ2n) is 6.01. The number of aliphatic carboxylic acids is 1. The molecule has 1 aliphatic heterocycles. The van der Waals surface area contributed by atoms with Gasteiger partial charge >= 0.3 is 5.97 Å². The first-order valence-corrected chi connectivity index (χ1v) is 8.22. The highest BCUT2D eigenvalue weighted by Gasteiger charge is 2.41. The Morgan fingerprint density at radius 2 is 1.96 bits per heavy atom. The van der Waals surface area contributed by atoms with E-state index in [2.05, 4.69) is 0 Å². The van der Waals surface area contributed by atoms with Crippen molar-refractivity contribution in [1.29, 1.82) is 0 Å². The molecule has 0 bridgehead atoms. The predicted molar refractivity (Wildman–Crippen MR) is 90.6 cm³/mol. The van der Waals surface area contributed by atoms with E-state index < -0.39 is 11.9 Å². The average Bonchev–Trinajstić information content (AvgIpc) is 3.22. The van der Waals surface area contributed by atoms with Gasteiger partial charge in [0.15, 0.2) is 5.76 Å². The zero-order valence-electron chi connectivity index (χ0n) is 13.6. The van der Waals surface area contributed by atoms with Gasteiger partial charge in [0.2, 0.25) is 0 Å². The van der Waals surface area contributed by atoms with Crippen molar-refractivity contribution in [3.63, 3.8) is 0 Å². The van der Waals surface area contributed by atoms with Crippen molar-refractivity contribution < 1.29 is 23.8 Å². The highest BCUT2D eigenvalue weighted by atomic mass is 35.5. The largest absolute Gasteiger partial charge is 0.481 e. The molecule has 1 N–H and O–H groups in total. The van der Waals surface area contributed by atoms with E-state index in [1.165, 1.54) is 4.90 Å². The molecule has 3 rings (SSSR count). The second-order valence-corrected chi connectivity index (χ2v) is 6.45. The fraction of sp³-hybridized carbons (Fsp3) is 0.333. The first-order valence-electron chi connectivity index (χ1n) is 7.84. The molecule has 1 aliphatic rings. The van der Waals surface area contributed by atoms with Crippen LogP contribution in [0.15, 0.2) is 40.8 Å². The summed E-state index contributed by atoms with van der Waals surface area (Å²) in [6, 6.07) is 10.3. The van der Waals surface area contributed by atoms with E-state index in [0.29, 0.717) is 17.3 Å². The van der Waals surface area contributed by atoms with Gasteiger partial charge in [-0.3, -0.25) is 9.59 Å². The molecular weight excluding hydrogens is 346 g/mol. The van der Waals surface area contributed by atoms with Crippen molar-refractivity contribution in [1.82, 2.24) is 4.90 Å². The molecule has 0 saturated carbocycles. The van der Waals surface area contributed by atoms with Crippen molar-refractivity contribution in [3.05, 3.63) is 58.5 Å². The fourth-order valence-electron chi connectivity index (χ4n) is 3.14. The molecule has 132 valence electrons. The van der Waals surface area contributed by atoms with Crippen LogP contribution in [0.5, 0.6) is 0 Å². The number of hydrogen-bond donors (Lipinski definition) is 1. The number of likely N-dealkylation sites (tertiary alicyclic amines) is 1. The zero-order valence-corrected chi connectivity index (χ0v) is 14.4. The number of rotatable bonds is 5.